The number of carbonyl (C=O) groups is 1. The van der Waals surface area contributed by atoms with Crippen molar-refractivity contribution in [3.05, 3.63) is 86.7 Å². The van der Waals surface area contributed by atoms with Gasteiger partial charge in [-0.25, -0.2) is 13.4 Å². The van der Waals surface area contributed by atoms with Gasteiger partial charge < -0.3 is 11.1 Å². The van der Waals surface area contributed by atoms with E-state index in [-0.39, 0.29) is 5.78 Å². The summed E-state index contributed by atoms with van der Waals surface area (Å²) >= 11 is 7.76. The van der Waals surface area contributed by atoms with Crippen LogP contribution in [0.1, 0.15) is 32.1 Å². The minimum absolute atomic E-state index is 0.0494. The van der Waals surface area contributed by atoms with Gasteiger partial charge in [-0.1, -0.05) is 41.9 Å². The number of ketones is 1. The number of aryl methyl sites for hydroxylation is 1. The average molecular weight is 514 g/mol. The van der Waals surface area contributed by atoms with E-state index in [2.05, 4.69) is 10.3 Å². The fourth-order valence-electron chi connectivity index (χ4n) is 3.66. The molecule has 176 valence electrons. The lowest BCUT2D eigenvalue weighted by Crippen LogP contribution is -2.12. The molecule has 9 heteroatoms. The third-order valence-corrected chi connectivity index (χ3v) is 8.21. The third-order valence-electron chi connectivity index (χ3n) is 5.47. The highest BCUT2D eigenvalue weighted by Gasteiger charge is 2.14. The van der Waals surface area contributed by atoms with E-state index in [4.69, 9.17) is 17.3 Å². The molecule has 0 radical (unpaired) electrons. The number of nitrogen functional groups attached to an aromatic ring is 1. The highest BCUT2D eigenvalue weighted by atomic mass is 35.5. The first-order valence-electron chi connectivity index (χ1n) is 10.6. The smallest absolute Gasteiger partial charge is 0.175 e. The van der Waals surface area contributed by atoms with Gasteiger partial charge in [0.2, 0.25) is 0 Å². The highest BCUT2D eigenvalue weighted by Crippen LogP contribution is 2.29. The summed E-state index contributed by atoms with van der Waals surface area (Å²) in [5.41, 5.74) is 7.83. The SMILES string of the molecule is CS(=O)(=O)c1cccc(CNCc2sc(C(=O)CCc3ccc4c(N)nccc4c3)cc2Cl)c1. The molecule has 0 aliphatic rings. The zero-order valence-electron chi connectivity index (χ0n) is 18.5. The monoisotopic (exact) mass is 513 g/mol. The Labute approximate surface area is 207 Å². The molecule has 4 rings (SSSR count). The predicted octanol–water partition coefficient (Wildman–Crippen LogP) is 5.04. The number of thiophene rings is 1. The van der Waals surface area contributed by atoms with Gasteiger partial charge in [0, 0.05) is 42.2 Å². The Balaban J connectivity index is 1.35. The van der Waals surface area contributed by atoms with Crippen LogP contribution in [0.3, 0.4) is 0 Å². The van der Waals surface area contributed by atoms with E-state index in [9.17, 15) is 13.2 Å². The van der Waals surface area contributed by atoms with Gasteiger partial charge in [0.25, 0.3) is 0 Å². The molecule has 0 atom stereocenters. The van der Waals surface area contributed by atoms with E-state index in [0.717, 1.165) is 26.8 Å². The molecule has 34 heavy (non-hydrogen) atoms. The Morgan fingerprint density at radius 1 is 1.09 bits per heavy atom. The number of Topliss-reactive ketones (excluding diaryl/α,β-unsaturated/α-hetero) is 1. The molecule has 0 aliphatic heterocycles. The summed E-state index contributed by atoms with van der Waals surface area (Å²) in [6, 6.07) is 16.4. The summed E-state index contributed by atoms with van der Waals surface area (Å²) < 4.78 is 23.5. The molecule has 2 aromatic carbocycles. The summed E-state index contributed by atoms with van der Waals surface area (Å²) in [5, 5.41) is 5.74. The number of anilines is 1. The maximum atomic E-state index is 12.8. The molecule has 0 saturated carbocycles. The normalized spacial score (nSPS) is 11.7. The number of carbonyl (C=O) groups excluding carboxylic acids is 1. The number of pyridine rings is 1. The first-order chi connectivity index (χ1) is 16.2. The minimum atomic E-state index is -3.25. The van der Waals surface area contributed by atoms with Crippen molar-refractivity contribution in [1.82, 2.24) is 10.3 Å². The van der Waals surface area contributed by atoms with Crippen LogP contribution in [0.4, 0.5) is 5.82 Å². The number of fused-ring (bicyclic) bond motifs is 1. The summed E-state index contributed by atoms with van der Waals surface area (Å²) in [4.78, 5) is 18.7. The van der Waals surface area contributed by atoms with Gasteiger partial charge >= 0.3 is 0 Å². The van der Waals surface area contributed by atoms with E-state index in [0.29, 0.717) is 46.5 Å². The van der Waals surface area contributed by atoms with Crippen LogP contribution in [0, 0.1) is 0 Å². The number of nitrogens with one attached hydrogen (secondary N) is 1. The number of benzene rings is 2. The van der Waals surface area contributed by atoms with Crippen LogP contribution in [0.2, 0.25) is 5.02 Å². The molecule has 6 nitrogen and oxygen atoms in total. The largest absolute Gasteiger partial charge is 0.383 e. The lowest BCUT2D eigenvalue weighted by Gasteiger charge is -2.06. The number of hydrogen-bond acceptors (Lipinski definition) is 7. The van der Waals surface area contributed by atoms with Crippen molar-refractivity contribution < 1.29 is 13.2 Å². The lowest BCUT2D eigenvalue weighted by molar-refractivity contribution is 0.0986. The molecule has 0 unspecified atom stereocenters. The fraction of sp³-hybridized carbons (Fsp3) is 0.200. The van der Waals surface area contributed by atoms with Gasteiger partial charge in [0.05, 0.1) is 14.8 Å². The second-order valence-corrected chi connectivity index (χ2v) is 11.6. The van der Waals surface area contributed by atoms with Gasteiger partial charge in [-0.15, -0.1) is 11.3 Å². The second-order valence-electron chi connectivity index (χ2n) is 8.08. The molecule has 2 aromatic heterocycles. The molecule has 0 aliphatic carbocycles. The Bertz CT molecular complexity index is 1470. The van der Waals surface area contributed by atoms with Crippen LogP contribution < -0.4 is 11.1 Å². The number of sulfone groups is 1. The fourth-order valence-corrected chi connectivity index (χ4v) is 5.69. The predicted molar refractivity (Wildman–Crippen MR) is 138 cm³/mol. The van der Waals surface area contributed by atoms with Crippen molar-refractivity contribution >= 4 is 55.1 Å². The van der Waals surface area contributed by atoms with Gasteiger partial charge in [0.1, 0.15) is 5.82 Å². The van der Waals surface area contributed by atoms with Crippen LogP contribution in [-0.4, -0.2) is 25.4 Å². The molecule has 0 fully saturated rings. The van der Waals surface area contributed by atoms with Crippen molar-refractivity contribution in [2.45, 2.75) is 30.8 Å². The second kappa shape index (κ2) is 10.2. The van der Waals surface area contributed by atoms with Crippen LogP contribution >= 0.6 is 22.9 Å². The van der Waals surface area contributed by atoms with Gasteiger partial charge in [-0.2, -0.15) is 0 Å². The molecular formula is C25H24ClN3O3S2. The number of hydrogen-bond donors (Lipinski definition) is 2. The Morgan fingerprint density at radius 3 is 2.71 bits per heavy atom. The summed E-state index contributed by atoms with van der Waals surface area (Å²) in [5.74, 6) is 0.547. The number of halogens is 1. The molecule has 4 aromatic rings. The maximum Gasteiger partial charge on any atom is 0.175 e. The van der Waals surface area contributed by atoms with Crippen molar-refractivity contribution in [2.24, 2.45) is 0 Å². The Hall–Kier alpha value is -2.78. The number of rotatable bonds is 9. The quantitative estimate of drug-likeness (QED) is 0.304. The minimum Gasteiger partial charge on any atom is -0.383 e. The Morgan fingerprint density at radius 2 is 1.91 bits per heavy atom. The van der Waals surface area contributed by atoms with Crippen LogP contribution in [-0.2, 0) is 29.3 Å². The lowest BCUT2D eigenvalue weighted by atomic mass is 10.0. The van der Waals surface area contributed by atoms with E-state index in [1.165, 1.54) is 17.6 Å². The van der Waals surface area contributed by atoms with Crippen LogP contribution in [0.5, 0.6) is 0 Å². The van der Waals surface area contributed by atoms with E-state index < -0.39 is 9.84 Å². The zero-order chi connectivity index (χ0) is 24.3. The number of aromatic nitrogens is 1. The molecular weight excluding hydrogens is 490 g/mol. The average Bonchev–Trinajstić information content (AvgIpc) is 3.18. The summed E-state index contributed by atoms with van der Waals surface area (Å²) in [7, 11) is -3.25. The maximum absolute atomic E-state index is 12.8. The molecule has 0 saturated heterocycles. The van der Waals surface area contributed by atoms with Crippen LogP contribution in [0.25, 0.3) is 10.8 Å². The highest BCUT2D eigenvalue weighted by molar-refractivity contribution is 7.90. The zero-order valence-corrected chi connectivity index (χ0v) is 20.9. The summed E-state index contributed by atoms with van der Waals surface area (Å²) in [6.45, 7) is 0.975. The first kappa shape index (κ1) is 24.3. The third kappa shape index (κ3) is 5.82. The molecule has 2 heterocycles. The van der Waals surface area contributed by atoms with Crippen molar-refractivity contribution in [1.29, 1.82) is 0 Å². The summed E-state index contributed by atoms with van der Waals surface area (Å²) in [6.07, 6.45) is 3.87. The Kier molecular flexibility index (Phi) is 7.33. The topological polar surface area (TPSA) is 102 Å². The van der Waals surface area contributed by atoms with Crippen LogP contribution in [0.15, 0.2) is 65.7 Å². The van der Waals surface area contributed by atoms with Gasteiger partial charge in [-0.05, 0) is 47.2 Å². The van der Waals surface area contributed by atoms with Gasteiger partial charge in [-0.3, -0.25) is 4.79 Å². The molecule has 3 N–H and O–H groups in total. The number of nitrogens with zero attached hydrogens (tertiary/aromatic N) is 1. The molecule has 0 spiro atoms. The first-order valence-corrected chi connectivity index (χ1v) is 13.7. The van der Waals surface area contributed by atoms with Crippen molar-refractivity contribution in [3.8, 4) is 0 Å². The van der Waals surface area contributed by atoms with E-state index >= 15 is 0 Å². The number of nitrogens with two attached hydrogens (primary N) is 1. The molecule has 0 bridgehead atoms. The standard InChI is InChI=1S/C25H24ClN3O3S2/c1-34(31,32)19-4-2-3-17(12-19)14-28-15-24-21(26)13-23(33-24)22(30)8-6-16-5-7-20-18(11-16)9-10-29-25(20)27/h2-5,7,9-13,28H,6,8,14-15H2,1H3,(H2,27,29). The molecule has 0 amide bonds. The van der Waals surface area contributed by atoms with E-state index in [1.54, 1.807) is 30.5 Å². The van der Waals surface area contributed by atoms with E-state index in [1.807, 2.05) is 30.3 Å². The van der Waals surface area contributed by atoms with Crippen molar-refractivity contribution in [3.63, 3.8) is 0 Å². The van der Waals surface area contributed by atoms with Crippen molar-refractivity contribution in [2.75, 3.05) is 12.0 Å². The van der Waals surface area contributed by atoms with Gasteiger partial charge in [0.15, 0.2) is 15.6 Å².